The molecule has 0 atom stereocenters. The Kier molecular flexibility index (Phi) is 4.56. The number of nitrogens with zero attached hydrogens (tertiary/aromatic N) is 1. The first kappa shape index (κ1) is 13.6. The van der Waals surface area contributed by atoms with Crippen LogP contribution in [0.4, 0.5) is 10.2 Å². The van der Waals surface area contributed by atoms with E-state index in [1.807, 2.05) is 0 Å². The van der Waals surface area contributed by atoms with Crippen molar-refractivity contribution in [3.05, 3.63) is 24.1 Å². The van der Waals surface area contributed by atoms with Crippen molar-refractivity contribution in [1.29, 1.82) is 0 Å². The van der Waals surface area contributed by atoms with E-state index >= 15 is 0 Å². The highest BCUT2D eigenvalue weighted by atomic mass is 32.2. The molecule has 7 heteroatoms. The van der Waals surface area contributed by atoms with Crippen LogP contribution < -0.4 is 5.32 Å². The molecule has 0 spiro atoms. The standard InChI is InChI=1S/C10H13FN2O3S/c1-17(15,16)6-2-3-10(14)13-9-5-4-8(11)7-12-9/h4-5,7H,2-3,6H2,1H3,(H,12,13,14). The molecule has 1 N–H and O–H groups in total. The van der Waals surface area contributed by atoms with Gasteiger partial charge in [0.05, 0.1) is 11.9 Å². The van der Waals surface area contributed by atoms with E-state index in [0.717, 1.165) is 12.5 Å². The van der Waals surface area contributed by atoms with Gasteiger partial charge in [0.25, 0.3) is 0 Å². The zero-order valence-electron chi connectivity index (χ0n) is 9.31. The van der Waals surface area contributed by atoms with Gasteiger partial charge in [-0.25, -0.2) is 17.8 Å². The van der Waals surface area contributed by atoms with Gasteiger partial charge in [-0.1, -0.05) is 0 Å². The number of rotatable bonds is 5. The molecule has 1 amide bonds. The summed E-state index contributed by atoms with van der Waals surface area (Å²) in [6.07, 6.45) is 2.45. The smallest absolute Gasteiger partial charge is 0.225 e. The Morgan fingerprint density at radius 3 is 2.71 bits per heavy atom. The molecule has 0 aromatic carbocycles. The van der Waals surface area contributed by atoms with Crippen molar-refractivity contribution in [3.63, 3.8) is 0 Å². The van der Waals surface area contributed by atoms with Gasteiger partial charge >= 0.3 is 0 Å². The summed E-state index contributed by atoms with van der Waals surface area (Å²) in [6.45, 7) is 0. The number of carbonyl (C=O) groups is 1. The summed E-state index contributed by atoms with van der Waals surface area (Å²) in [5.74, 6) is -0.610. The number of pyridine rings is 1. The second-order valence-corrected chi connectivity index (χ2v) is 5.90. The summed E-state index contributed by atoms with van der Waals surface area (Å²) in [7, 11) is -3.04. The lowest BCUT2D eigenvalue weighted by Crippen LogP contribution is -2.14. The van der Waals surface area contributed by atoms with Crippen LogP contribution in [0.5, 0.6) is 0 Å². The lowest BCUT2D eigenvalue weighted by Gasteiger charge is -2.03. The van der Waals surface area contributed by atoms with Gasteiger partial charge in [0.2, 0.25) is 5.91 Å². The Morgan fingerprint density at radius 1 is 1.47 bits per heavy atom. The number of amides is 1. The number of hydrogen-bond acceptors (Lipinski definition) is 4. The van der Waals surface area contributed by atoms with Gasteiger partial charge < -0.3 is 5.32 Å². The van der Waals surface area contributed by atoms with Crippen molar-refractivity contribution in [3.8, 4) is 0 Å². The predicted molar refractivity (Wildman–Crippen MR) is 61.8 cm³/mol. The molecular weight excluding hydrogens is 247 g/mol. The Labute approximate surface area is 99.0 Å². The summed E-state index contributed by atoms with van der Waals surface area (Å²) in [5, 5.41) is 2.44. The number of hydrogen-bond donors (Lipinski definition) is 1. The molecular formula is C10H13FN2O3S. The van der Waals surface area contributed by atoms with Crippen LogP contribution in [0.2, 0.25) is 0 Å². The summed E-state index contributed by atoms with van der Waals surface area (Å²) < 4.78 is 34.2. The van der Waals surface area contributed by atoms with Crippen molar-refractivity contribution in [2.24, 2.45) is 0 Å². The SMILES string of the molecule is CS(=O)(=O)CCCC(=O)Nc1ccc(F)cn1. The zero-order valence-corrected chi connectivity index (χ0v) is 10.1. The summed E-state index contributed by atoms with van der Waals surface area (Å²) in [5.41, 5.74) is 0. The number of nitrogens with one attached hydrogen (secondary N) is 1. The maximum Gasteiger partial charge on any atom is 0.225 e. The lowest BCUT2D eigenvalue weighted by molar-refractivity contribution is -0.116. The fourth-order valence-corrected chi connectivity index (χ4v) is 1.82. The van der Waals surface area contributed by atoms with Crippen LogP contribution in [-0.4, -0.2) is 31.3 Å². The third-order valence-electron chi connectivity index (χ3n) is 1.91. The van der Waals surface area contributed by atoms with Crippen molar-refractivity contribution < 1.29 is 17.6 Å². The molecule has 1 aromatic heterocycles. The van der Waals surface area contributed by atoms with E-state index in [9.17, 15) is 17.6 Å². The quantitative estimate of drug-likeness (QED) is 0.856. The van der Waals surface area contributed by atoms with Gasteiger partial charge in [-0.15, -0.1) is 0 Å². The Hall–Kier alpha value is -1.50. The average Bonchev–Trinajstić information content (AvgIpc) is 2.19. The minimum Gasteiger partial charge on any atom is -0.311 e. The molecule has 5 nitrogen and oxygen atoms in total. The van der Waals surface area contributed by atoms with E-state index < -0.39 is 15.7 Å². The topological polar surface area (TPSA) is 76.1 Å². The molecule has 0 aliphatic rings. The summed E-state index contributed by atoms with van der Waals surface area (Å²) in [6, 6.07) is 2.52. The average molecular weight is 260 g/mol. The van der Waals surface area contributed by atoms with E-state index in [2.05, 4.69) is 10.3 Å². The van der Waals surface area contributed by atoms with Crippen molar-refractivity contribution >= 4 is 21.6 Å². The minimum absolute atomic E-state index is 0.0305. The Bertz CT molecular complexity index is 485. The molecule has 1 rings (SSSR count). The fraction of sp³-hybridized carbons (Fsp3) is 0.400. The van der Waals surface area contributed by atoms with Crippen LogP contribution >= 0.6 is 0 Å². The Balaban J connectivity index is 2.37. The van der Waals surface area contributed by atoms with Gasteiger partial charge in [-0.3, -0.25) is 4.79 Å². The predicted octanol–water partition coefficient (Wildman–Crippen LogP) is 0.984. The molecule has 17 heavy (non-hydrogen) atoms. The van der Waals surface area contributed by atoms with Crippen molar-refractivity contribution in [1.82, 2.24) is 4.98 Å². The number of halogens is 1. The van der Waals surface area contributed by atoms with Crippen LogP contribution in [0.1, 0.15) is 12.8 Å². The van der Waals surface area contributed by atoms with Crippen molar-refractivity contribution in [2.45, 2.75) is 12.8 Å². The highest BCUT2D eigenvalue weighted by Crippen LogP contribution is 2.05. The Morgan fingerprint density at radius 2 is 2.18 bits per heavy atom. The molecule has 0 aliphatic carbocycles. The fourth-order valence-electron chi connectivity index (χ4n) is 1.15. The largest absolute Gasteiger partial charge is 0.311 e. The molecule has 0 saturated carbocycles. The summed E-state index contributed by atoms with van der Waals surface area (Å²) in [4.78, 5) is 15.0. The lowest BCUT2D eigenvalue weighted by atomic mass is 10.3. The molecule has 0 unspecified atom stereocenters. The number of anilines is 1. The molecule has 0 fully saturated rings. The van der Waals surface area contributed by atoms with Gasteiger partial charge in [0.15, 0.2) is 0 Å². The van der Waals surface area contributed by atoms with Crippen LogP contribution in [0.15, 0.2) is 18.3 Å². The van der Waals surface area contributed by atoms with E-state index in [-0.39, 0.29) is 30.3 Å². The van der Waals surface area contributed by atoms with Crippen LogP contribution in [0.25, 0.3) is 0 Å². The molecule has 1 heterocycles. The van der Waals surface area contributed by atoms with Crippen LogP contribution in [-0.2, 0) is 14.6 Å². The molecule has 94 valence electrons. The highest BCUT2D eigenvalue weighted by Gasteiger charge is 2.06. The first-order valence-corrected chi connectivity index (χ1v) is 7.02. The molecule has 0 saturated heterocycles. The zero-order chi connectivity index (χ0) is 12.9. The summed E-state index contributed by atoms with van der Waals surface area (Å²) >= 11 is 0. The minimum atomic E-state index is -3.04. The van der Waals surface area contributed by atoms with E-state index in [4.69, 9.17) is 0 Å². The first-order chi connectivity index (χ1) is 7.87. The number of aromatic nitrogens is 1. The molecule has 0 bridgehead atoms. The highest BCUT2D eigenvalue weighted by molar-refractivity contribution is 7.90. The monoisotopic (exact) mass is 260 g/mol. The van der Waals surface area contributed by atoms with Crippen LogP contribution in [0.3, 0.4) is 0 Å². The second kappa shape index (κ2) is 5.72. The molecule has 1 aromatic rings. The molecule has 0 radical (unpaired) electrons. The second-order valence-electron chi connectivity index (χ2n) is 3.64. The third-order valence-corrected chi connectivity index (χ3v) is 2.94. The van der Waals surface area contributed by atoms with Crippen molar-refractivity contribution in [2.75, 3.05) is 17.3 Å². The van der Waals surface area contributed by atoms with Gasteiger partial charge in [0, 0.05) is 12.7 Å². The normalized spacial score (nSPS) is 11.2. The number of sulfone groups is 1. The van der Waals surface area contributed by atoms with E-state index in [1.54, 1.807) is 0 Å². The van der Waals surface area contributed by atoms with Gasteiger partial charge in [-0.2, -0.15) is 0 Å². The van der Waals surface area contributed by atoms with Gasteiger partial charge in [0.1, 0.15) is 21.5 Å². The molecule has 0 aliphatic heterocycles. The van der Waals surface area contributed by atoms with E-state index in [1.165, 1.54) is 12.1 Å². The maximum absolute atomic E-state index is 12.5. The van der Waals surface area contributed by atoms with Gasteiger partial charge in [-0.05, 0) is 18.6 Å². The number of carbonyl (C=O) groups excluding carboxylic acids is 1. The maximum atomic E-state index is 12.5. The first-order valence-electron chi connectivity index (χ1n) is 4.96. The van der Waals surface area contributed by atoms with E-state index in [0.29, 0.717) is 0 Å². The van der Waals surface area contributed by atoms with Crippen LogP contribution in [0, 0.1) is 5.82 Å². The third kappa shape index (κ3) is 5.96.